The first-order valence-corrected chi connectivity index (χ1v) is 6.55. The number of alkyl halides is 1. The highest BCUT2D eigenvalue weighted by atomic mass is 35.5. The van der Waals surface area contributed by atoms with Gasteiger partial charge in [0, 0.05) is 38.5 Å². The highest BCUT2D eigenvalue weighted by Crippen LogP contribution is 2.00. The zero-order chi connectivity index (χ0) is 13.8. The first kappa shape index (κ1) is 17.0. The summed E-state index contributed by atoms with van der Waals surface area (Å²) in [6, 6.07) is 0. The Hall–Kier alpha value is -1.01. The molecule has 0 bridgehead atoms. The summed E-state index contributed by atoms with van der Waals surface area (Å²) in [5.41, 5.74) is 0. The Morgan fingerprint density at radius 1 is 1.39 bits per heavy atom. The van der Waals surface area contributed by atoms with Crippen molar-refractivity contribution in [2.45, 2.75) is 19.8 Å². The van der Waals surface area contributed by atoms with Gasteiger partial charge in [0.15, 0.2) is 0 Å². The van der Waals surface area contributed by atoms with Crippen LogP contribution in [0.25, 0.3) is 0 Å². The Balaban J connectivity index is 0.000000411. The van der Waals surface area contributed by atoms with Crippen molar-refractivity contribution >= 4 is 23.7 Å². The van der Waals surface area contributed by atoms with Crippen molar-refractivity contribution in [2.24, 2.45) is 0 Å². The van der Waals surface area contributed by atoms with Crippen molar-refractivity contribution in [3.8, 4) is 0 Å². The average molecular weight is 281 g/mol. The van der Waals surface area contributed by atoms with E-state index < -0.39 is 6.16 Å². The molecule has 1 heterocycles. The van der Waals surface area contributed by atoms with E-state index in [1.54, 1.807) is 6.92 Å². The minimum atomic E-state index is -1.21. The lowest BCUT2D eigenvalue weighted by molar-refractivity contribution is -0.131. The quantitative estimate of drug-likeness (QED) is 0.596. The van der Waals surface area contributed by atoms with E-state index in [1.807, 2.05) is 4.90 Å². The summed E-state index contributed by atoms with van der Waals surface area (Å²) < 4.78 is 3.96. The van der Waals surface area contributed by atoms with E-state index in [0.717, 1.165) is 32.6 Å². The number of nitrogens with zero attached hydrogens (tertiary/aromatic N) is 1. The smallest absolute Gasteiger partial charge is 0.450 e. The molecule has 1 saturated heterocycles. The molecule has 106 valence electrons. The third-order valence-corrected chi connectivity index (χ3v) is 2.53. The number of ether oxygens (including phenoxy) is 1. The highest BCUT2D eigenvalue weighted by molar-refractivity contribution is 6.17. The van der Waals surface area contributed by atoms with Gasteiger partial charge in [-0.2, -0.15) is 0 Å². The number of nitrogens with one attached hydrogen (secondary N) is 1. The number of rotatable bonds is 4. The summed E-state index contributed by atoms with van der Waals surface area (Å²) in [6.07, 6.45) is 0.186. The Morgan fingerprint density at radius 2 is 2.00 bits per heavy atom. The fourth-order valence-electron chi connectivity index (χ4n) is 1.41. The van der Waals surface area contributed by atoms with Gasteiger partial charge in [-0.1, -0.05) is 0 Å². The van der Waals surface area contributed by atoms with Crippen LogP contribution in [-0.2, 0) is 9.53 Å². The van der Waals surface area contributed by atoms with Gasteiger partial charge in [0.2, 0.25) is 5.91 Å². The lowest BCUT2D eigenvalue weighted by atomic mass is 10.2. The zero-order valence-electron chi connectivity index (χ0n) is 10.7. The van der Waals surface area contributed by atoms with Crippen molar-refractivity contribution in [1.82, 2.24) is 10.2 Å². The maximum absolute atomic E-state index is 11.4. The number of carbonyl (C=O) groups excluding carboxylic acids is 1. The molecular formula is C11H21ClN2O4. The SMILES string of the molecule is CCOC(=O)O.O=C(CCCCl)N1CCNCC1. The number of hydrogen-bond donors (Lipinski definition) is 2. The van der Waals surface area contributed by atoms with Crippen molar-refractivity contribution in [2.75, 3.05) is 38.7 Å². The number of hydrogen-bond acceptors (Lipinski definition) is 4. The second-order valence-electron chi connectivity index (χ2n) is 3.62. The predicted octanol–water partition coefficient (Wildman–Crippen LogP) is 1.14. The number of piperazine rings is 1. The molecule has 1 aliphatic heterocycles. The van der Waals surface area contributed by atoms with Crippen molar-refractivity contribution in [1.29, 1.82) is 0 Å². The lowest BCUT2D eigenvalue weighted by Crippen LogP contribution is -2.46. The fraction of sp³-hybridized carbons (Fsp3) is 0.818. The van der Waals surface area contributed by atoms with E-state index in [0.29, 0.717) is 12.3 Å². The van der Waals surface area contributed by atoms with Gasteiger partial charge in [-0.25, -0.2) is 4.79 Å². The molecule has 1 aliphatic rings. The zero-order valence-corrected chi connectivity index (χ0v) is 11.4. The molecule has 0 atom stereocenters. The number of amides is 1. The Bertz CT molecular complexity index is 245. The molecule has 0 aromatic rings. The van der Waals surface area contributed by atoms with Crippen molar-refractivity contribution in [3.05, 3.63) is 0 Å². The molecule has 2 N–H and O–H groups in total. The maximum atomic E-state index is 11.4. The monoisotopic (exact) mass is 280 g/mol. The summed E-state index contributed by atoms with van der Waals surface area (Å²) in [6.45, 7) is 5.39. The minimum absolute atomic E-state index is 0.231. The molecule has 0 aromatic heterocycles. The number of halogens is 1. The summed E-state index contributed by atoms with van der Waals surface area (Å²) in [4.78, 5) is 22.7. The molecule has 18 heavy (non-hydrogen) atoms. The van der Waals surface area contributed by atoms with Crippen LogP contribution in [0.15, 0.2) is 0 Å². The van der Waals surface area contributed by atoms with E-state index in [-0.39, 0.29) is 12.5 Å². The van der Waals surface area contributed by atoms with Crippen LogP contribution >= 0.6 is 11.6 Å². The number of carboxylic acid groups (broad SMARTS) is 1. The van der Waals surface area contributed by atoms with Gasteiger partial charge in [-0.05, 0) is 13.3 Å². The van der Waals surface area contributed by atoms with E-state index in [9.17, 15) is 9.59 Å². The van der Waals surface area contributed by atoms with Crippen molar-refractivity contribution in [3.63, 3.8) is 0 Å². The molecule has 7 heteroatoms. The molecule has 6 nitrogen and oxygen atoms in total. The van der Waals surface area contributed by atoms with Gasteiger partial charge >= 0.3 is 6.16 Å². The Morgan fingerprint density at radius 3 is 2.39 bits per heavy atom. The molecule has 0 radical (unpaired) electrons. The second-order valence-corrected chi connectivity index (χ2v) is 4.00. The van der Waals surface area contributed by atoms with Crippen LogP contribution < -0.4 is 5.32 Å². The van der Waals surface area contributed by atoms with Gasteiger partial charge < -0.3 is 20.1 Å². The van der Waals surface area contributed by atoms with Gasteiger partial charge in [-0.3, -0.25) is 4.79 Å². The molecule has 0 aromatic carbocycles. The van der Waals surface area contributed by atoms with Gasteiger partial charge in [0.25, 0.3) is 0 Å². The third-order valence-electron chi connectivity index (χ3n) is 2.26. The second kappa shape index (κ2) is 11.1. The summed E-state index contributed by atoms with van der Waals surface area (Å²) in [7, 11) is 0. The maximum Gasteiger partial charge on any atom is 0.505 e. The largest absolute Gasteiger partial charge is 0.505 e. The van der Waals surface area contributed by atoms with Crippen LogP contribution in [0.5, 0.6) is 0 Å². The summed E-state index contributed by atoms with van der Waals surface area (Å²) in [5, 5.41) is 10.9. The molecule has 1 fully saturated rings. The molecule has 1 rings (SSSR count). The normalized spacial score (nSPS) is 14.4. The van der Waals surface area contributed by atoms with Gasteiger partial charge in [0.1, 0.15) is 0 Å². The van der Waals surface area contributed by atoms with Crippen LogP contribution in [0, 0.1) is 0 Å². The topological polar surface area (TPSA) is 78.9 Å². The van der Waals surface area contributed by atoms with E-state index in [2.05, 4.69) is 10.1 Å². The molecule has 0 saturated carbocycles. The minimum Gasteiger partial charge on any atom is -0.450 e. The van der Waals surface area contributed by atoms with Crippen molar-refractivity contribution < 1.29 is 19.4 Å². The average Bonchev–Trinajstić information content (AvgIpc) is 2.37. The highest BCUT2D eigenvalue weighted by Gasteiger charge is 2.14. The third kappa shape index (κ3) is 9.07. The Labute approximate surface area is 112 Å². The predicted molar refractivity (Wildman–Crippen MR) is 69.1 cm³/mol. The van der Waals surface area contributed by atoms with Crippen LogP contribution in [0.4, 0.5) is 4.79 Å². The fourth-order valence-corrected chi connectivity index (χ4v) is 1.55. The van der Waals surface area contributed by atoms with E-state index >= 15 is 0 Å². The molecule has 0 unspecified atom stereocenters. The summed E-state index contributed by atoms with van der Waals surface area (Å²) in [5.74, 6) is 0.829. The number of carbonyl (C=O) groups is 2. The van der Waals surface area contributed by atoms with Crippen LogP contribution in [-0.4, -0.2) is 60.7 Å². The molecular weight excluding hydrogens is 260 g/mol. The van der Waals surface area contributed by atoms with E-state index in [1.165, 1.54) is 0 Å². The molecule has 0 spiro atoms. The first-order valence-electron chi connectivity index (χ1n) is 6.02. The lowest BCUT2D eigenvalue weighted by Gasteiger charge is -2.27. The summed E-state index contributed by atoms with van der Waals surface area (Å²) >= 11 is 5.50. The Kier molecular flexibility index (Phi) is 10.5. The van der Waals surface area contributed by atoms with Gasteiger partial charge in [-0.15, -0.1) is 11.6 Å². The molecule has 1 amide bonds. The van der Waals surface area contributed by atoms with Crippen LogP contribution in [0.3, 0.4) is 0 Å². The van der Waals surface area contributed by atoms with Crippen LogP contribution in [0.1, 0.15) is 19.8 Å². The first-order chi connectivity index (χ1) is 8.61. The van der Waals surface area contributed by atoms with E-state index in [4.69, 9.17) is 16.7 Å². The molecule has 0 aliphatic carbocycles. The van der Waals surface area contributed by atoms with Crippen LogP contribution in [0.2, 0.25) is 0 Å². The standard InChI is InChI=1S/C8H15ClN2O.C3H6O3/c9-3-1-2-8(12)11-6-4-10-5-7-11;1-2-6-3(4)5/h10H,1-7H2;2H2,1H3,(H,4,5). The van der Waals surface area contributed by atoms with Gasteiger partial charge in [0.05, 0.1) is 6.61 Å².